The fourth-order valence-electron chi connectivity index (χ4n) is 4.61. The summed E-state index contributed by atoms with van der Waals surface area (Å²) in [6, 6.07) is 6.59. The number of carbonyl (C=O) groups excluding carboxylic acids is 2. The first-order chi connectivity index (χ1) is 16.0. The summed E-state index contributed by atoms with van der Waals surface area (Å²) in [5, 5.41) is 0. The van der Waals surface area contributed by atoms with Crippen molar-refractivity contribution in [3.63, 3.8) is 0 Å². The van der Waals surface area contributed by atoms with Gasteiger partial charge in [-0.25, -0.2) is 13.2 Å². The molecule has 1 aliphatic carbocycles. The molecule has 2 fully saturated rings. The number of benzene rings is 1. The van der Waals surface area contributed by atoms with E-state index < -0.39 is 46.1 Å². The average molecular weight is 500 g/mol. The molecule has 1 saturated heterocycles. The molecule has 0 bridgehead atoms. The first kappa shape index (κ1) is 24.3. The quantitative estimate of drug-likeness (QED) is 0.556. The van der Waals surface area contributed by atoms with E-state index in [0.717, 1.165) is 37.8 Å². The van der Waals surface area contributed by atoms with E-state index in [1.54, 1.807) is 4.90 Å². The van der Waals surface area contributed by atoms with Crippen molar-refractivity contribution in [1.82, 2.24) is 4.90 Å². The van der Waals surface area contributed by atoms with Crippen LogP contribution in [-0.4, -0.2) is 55.4 Å². The van der Waals surface area contributed by atoms with Crippen LogP contribution in [-0.2, 0) is 25.5 Å². The number of ether oxygens (including phenoxy) is 1. The van der Waals surface area contributed by atoms with Gasteiger partial charge in [0, 0.05) is 17.6 Å². The largest absolute Gasteiger partial charge is 0.450 e. The number of alkyl halides is 3. The molecule has 0 radical (unpaired) electrons. The zero-order valence-electron chi connectivity index (χ0n) is 18.2. The Morgan fingerprint density at radius 3 is 2.44 bits per heavy atom. The second-order valence-corrected chi connectivity index (χ2v) is 10.8. The van der Waals surface area contributed by atoms with Crippen molar-refractivity contribution in [3.8, 4) is 11.3 Å². The molecule has 1 aromatic carbocycles. The van der Waals surface area contributed by atoms with Crippen LogP contribution in [0.1, 0.15) is 48.2 Å². The number of esters is 1. The third-order valence-corrected chi connectivity index (χ3v) is 7.97. The van der Waals surface area contributed by atoms with Gasteiger partial charge in [-0.05, 0) is 43.5 Å². The molecule has 34 heavy (non-hydrogen) atoms. The standard InChI is InChI=1S/C23H24F3NO6S/c24-23(25,26)16-5-3-4-15(12-16)19-8-9-20(33-19)22(29)32-13-21(28)27(17-6-1-2-7-17)18-10-11-34(30,31)14-18/h3-5,8-9,12,17-18H,1-2,6-7,10-11,13-14H2. The lowest BCUT2D eigenvalue weighted by molar-refractivity contribution is -0.139. The van der Waals surface area contributed by atoms with Crippen molar-refractivity contribution in [2.24, 2.45) is 0 Å². The van der Waals surface area contributed by atoms with Crippen LogP contribution in [0.5, 0.6) is 0 Å². The van der Waals surface area contributed by atoms with Crippen molar-refractivity contribution >= 4 is 21.7 Å². The maximum Gasteiger partial charge on any atom is 0.416 e. The highest BCUT2D eigenvalue weighted by molar-refractivity contribution is 7.91. The van der Waals surface area contributed by atoms with Gasteiger partial charge in [0.1, 0.15) is 5.76 Å². The Hall–Kier alpha value is -2.82. The van der Waals surface area contributed by atoms with E-state index in [9.17, 15) is 31.2 Å². The van der Waals surface area contributed by atoms with Crippen LogP contribution in [0.3, 0.4) is 0 Å². The van der Waals surface area contributed by atoms with Crippen LogP contribution in [0.15, 0.2) is 40.8 Å². The maximum atomic E-state index is 13.0. The normalized spacial score (nSPS) is 20.4. The third-order valence-electron chi connectivity index (χ3n) is 6.22. The molecule has 2 aromatic rings. The molecule has 1 atom stereocenters. The van der Waals surface area contributed by atoms with E-state index >= 15 is 0 Å². The van der Waals surface area contributed by atoms with Gasteiger partial charge in [0.05, 0.1) is 17.1 Å². The van der Waals surface area contributed by atoms with E-state index in [2.05, 4.69) is 0 Å². The van der Waals surface area contributed by atoms with Gasteiger partial charge in [0.25, 0.3) is 5.91 Å². The lowest BCUT2D eigenvalue weighted by Crippen LogP contribution is -2.48. The number of furan rings is 1. The van der Waals surface area contributed by atoms with E-state index in [1.807, 2.05) is 0 Å². The Morgan fingerprint density at radius 2 is 1.79 bits per heavy atom. The van der Waals surface area contributed by atoms with Crippen molar-refractivity contribution < 1.29 is 40.3 Å². The summed E-state index contributed by atoms with van der Waals surface area (Å²) in [4.78, 5) is 26.9. The maximum absolute atomic E-state index is 13.0. The molecule has 1 aromatic heterocycles. The van der Waals surface area contributed by atoms with Gasteiger partial charge in [-0.1, -0.05) is 25.0 Å². The summed E-state index contributed by atoms with van der Waals surface area (Å²) >= 11 is 0. The van der Waals surface area contributed by atoms with Crippen LogP contribution >= 0.6 is 0 Å². The minimum absolute atomic E-state index is 0.0265. The fourth-order valence-corrected chi connectivity index (χ4v) is 6.32. The summed E-state index contributed by atoms with van der Waals surface area (Å²) in [5.74, 6) is -1.67. The molecule has 2 heterocycles. The molecule has 7 nitrogen and oxygen atoms in total. The van der Waals surface area contributed by atoms with Gasteiger partial charge in [-0.2, -0.15) is 13.2 Å². The highest BCUT2D eigenvalue weighted by Crippen LogP contribution is 2.33. The van der Waals surface area contributed by atoms with Crippen LogP contribution in [0.2, 0.25) is 0 Å². The number of sulfone groups is 1. The summed E-state index contributed by atoms with van der Waals surface area (Å²) < 4.78 is 73.2. The molecular weight excluding hydrogens is 475 g/mol. The highest BCUT2D eigenvalue weighted by Gasteiger charge is 2.39. The molecule has 0 spiro atoms. The molecule has 1 unspecified atom stereocenters. The third kappa shape index (κ3) is 5.45. The Bertz CT molecular complexity index is 1170. The minimum Gasteiger partial charge on any atom is -0.450 e. The Morgan fingerprint density at radius 1 is 1.06 bits per heavy atom. The number of carbonyl (C=O) groups is 2. The number of nitrogens with zero attached hydrogens (tertiary/aromatic N) is 1. The summed E-state index contributed by atoms with van der Waals surface area (Å²) in [7, 11) is -3.20. The summed E-state index contributed by atoms with van der Waals surface area (Å²) in [6.07, 6.45) is -0.730. The van der Waals surface area contributed by atoms with Gasteiger partial charge >= 0.3 is 12.1 Å². The Balaban J connectivity index is 1.42. The second kappa shape index (κ2) is 9.44. The van der Waals surface area contributed by atoms with Crippen molar-refractivity contribution in [2.75, 3.05) is 18.1 Å². The van der Waals surface area contributed by atoms with Crippen LogP contribution in [0.4, 0.5) is 13.2 Å². The lowest BCUT2D eigenvalue weighted by Gasteiger charge is -2.33. The molecule has 2 aliphatic rings. The molecule has 1 saturated carbocycles. The first-order valence-corrected chi connectivity index (χ1v) is 12.8. The van der Waals surface area contributed by atoms with Gasteiger partial charge in [0.15, 0.2) is 16.4 Å². The number of halogens is 3. The van der Waals surface area contributed by atoms with Crippen molar-refractivity contribution in [2.45, 2.75) is 50.4 Å². The van der Waals surface area contributed by atoms with E-state index in [0.29, 0.717) is 6.42 Å². The first-order valence-electron chi connectivity index (χ1n) is 11.0. The predicted molar refractivity (Wildman–Crippen MR) is 116 cm³/mol. The topological polar surface area (TPSA) is 93.9 Å². The lowest BCUT2D eigenvalue weighted by atomic mass is 10.1. The monoisotopic (exact) mass is 499 g/mol. The zero-order valence-corrected chi connectivity index (χ0v) is 19.0. The summed E-state index contributed by atoms with van der Waals surface area (Å²) in [5.41, 5.74) is -0.711. The van der Waals surface area contributed by atoms with Gasteiger partial charge < -0.3 is 14.1 Å². The molecule has 1 aliphatic heterocycles. The molecular formula is C23H24F3NO6S. The molecule has 0 N–H and O–H groups in total. The van der Waals surface area contributed by atoms with Crippen molar-refractivity contribution in [3.05, 3.63) is 47.7 Å². The van der Waals surface area contributed by atoms with E-state index in [-0.39, 0.29) is 34.6 Å². The molecule has 11 heteroatoms. The number of hydrogen-bond donors (Lipinski definition) is 0. The highest BCUT2D eigenvalue weighted by atomic mass is 32.2. The van der Waals surface area contributed by atoms with Crippen LogP contribution in [0, 0.1) is 0 Å². The second-order valence-electron chi connectivity index (χ2n) is 8.61. The van der Waals surface area contributed by atoms with E-state index in [4.69, 9.17) is 9.15 Å². The molecule has 184 valence electrons. The Labute approximate surface area is 194 Å². The minimum atomic E-state index is -4.52. The number of rotatable bonds is 6. The van der Waals surface area contributed by atoms with Crippen LogP contribution in [0.25, 0.3) is 11.3 Å². The number of amides is 1. The van der Waals surface area contributed by atoms with Gasteiger partial charge in [-0.3, -0.25) is 4.79 Å². The molecule has 4 rings (SSSR count). The zero-order chi connectivity index (χ0) is 24.5. The fraction of sp³-hybridized carbons (Fsp3) is 0.478. The smallest absolute Gasteiger partial charge is 0.416 e. The predicted octanol–water partition coefficient (Wildman–Crippen LogP) is 4.08. The van der Waals surface area contributed by atoms with Crippen molar-refractivity contribution in [1.29, 1.82) is 0 Å². The van der Waals surface area contributed by atoms with E-state index in [1.165, 1.54) is 24.3 Å². The average Bonchev–Trinajstić information content (AvgIpc) is 3.53. The van der Waals surface area contributed by atoms with Gasteiger partial charge in [0.2, 0.25) is 5.76 Å². The Kier molecular flexibility index (Phi) is 6.75. The number of hydrogen-bond acceptors (Lipinski definition) is 6. The van der Waals surface area contributed by atoms with Crippen LogP contribution < -0.4 is 0 Å². The summed E-state index contributed by atoms with van der Waals surface area (Å²) in [6.45, 7) is -0.578. The SMILES string of the molecule is O=C(OCC(=O)N(C1CCCC1)C1CCS(=O)(=O)C1)c1ccc(-c2cccc(C(F)(F)F)c2)o1. The molecule has 1 amide bonds. The van der Waals surface area contributed by atoms with Gasteiger partial charge in [-0.15, -0.1) is 0 Å².